The van der Waals surface area contributed by atoms with Crippen molar-refractivity contribution in [3.8, 4) is 0 Å². The molecule has 1 unspecified atom stereocenters. The minimum absolute atomic E-state index is 0.00814. The number of piperidine rings is 1. The molecule has 2 aliphatic rings. The summed E-state index contributed by atoms with van der Waals surface area (Å²) in [7, 11) is 0. The third-order valence-electron chi connectivity index (χ3n) is 5.79. The molecule has 1 aromatic carbocycles. The number of benzene rings is 1. The lowest BCUT2D eigenvalue weighted by Gasteiger charge is -2.43. The van der Waals surface area contributed by atoms with Crippen LogP contribution >= 0.6 is 0 Å². The van der Waals surface area contributed by atoms with Gasteiger partial charge in [0.1, 0.15) is 0 Å². The van der Waals surface area contributed by atoms with Crippen molar-refractivity contribution in [1.82, 2.24) is 10.6 Å². The van der Waals surface area contributed by atoms with Gasteiger partial charge in [0.15, 0.2) is 0 Å². The molecule has 1 spiro atoms. The van der Waals surface area contributed by atoms with E-state index in [1.165, 1.54) is 24.8 Å². The number of hydrogen-bond acceptors (Lipinski definition) is 3. The van der Waals surface area contributed by atoms with Gasteiger partial charge >= 0.3 is 0 Å². The Hall–Kier alpha value is -1.39. The first-order valence-corrected chi connectivity index (χ1v) is 9.59. The van der Waals surface area contributed by atoms with E-state index in [2.05, 4.69) is 31.4 Å². The first-order valence-electron chi connectivity index (χ1n) is 9.59. The molecule has 1 atom stereocenters. The largest absolute Gasteiger partial charge is 0.376 e. The summed E-state index contributed by atoms with van der Waals surface area (Å²) in [5.41, 5.74) is 2.45. The molecular weight excluding hydrogens is 312 g/mol. The van der Waals surface area contributed by atoms with E-state index >= 15 is 0 Å². The van der Waals surface area contributed by atoms with Crippen LogP contribution in [0.2, 0.25) is 0 Å². The molecular formula is C21H32N2O2. The smallest absolute Gasteiger partial charge is 0.251 e. The van der Waals surface area contributed by atoms with Gasteiger partial charge in [0.2, 0.25) is 0 Å². The number of nitrogens with one attached hydrogen (secondary N) is 2. The quantitative estimate of drug-likeness (QED) is 0.885. The van der Waals surface area contributed by atoms with Crippen molar-refractivity contribution in [2.45, 2.75) is 58.0 Å². The molecule has 0 aromatic heterocycles. The highest BCUT2D eigenvalue weighted by Gasteiger charge is 2.37. The van der Waals surface area contributed by atoms with E-state index in [9.17, 15) is 4.79 Å². The van der Waals surface area contributed by atoms with Crippen LogP contribution in [0.25, 0.3) is 0 Å². The minimum Gasteiger partial charge on any atom is -0.376 e. The molecule has 4 heteroatoms. The highest BCUT2D eigenvalue weighted by molar-refractivity contribution is 5.94. The molecule has 25 heavy (non-hydrogen) atoms. The first kappa shape index (κ1) is 18.4. The molecule has 0 saturated carbocycles. The second-order valence-corrected chi connectivity index (χ2v) is 8.76. The Morgan fingerprint density at radius 2 is 1.88 bits per heavy atom. The summed E-state index contributed by atoms with van der Waals surface area (Å²) >= 11 is 0. The van der Waals surface area contributed by atoms with E-state index in [0.717, 1.165) is 31.7 Å². The van der Waals surface area contributed by atoms with Crippen LogP contribution in [0.4, 0.5) is 0 Å². The topological polar surface area (TPSA) is 50.4 Å². The second-order valence-electron chi connectivity index (χ2n) is 8.76. The fraction of sp³-hybridized carbons (Fsp3) is 0.667. The van der Waals surface area contributed by atoms with Gasteiger partial charge in [-0.05, 0) is 67.3 Å². The number of hydrogen-bond donors (Lipinski definition) is 2. The van der Waals surface area contributed by atoms with Crippen molar-refractivity contribution in [2.75, 3.05) is 26.2 Å². The first-order chi connectivity index (χ1) is 11.9. The van der Waals surface area contributed by atoms with Crippen LogP contribution < -0.4 is 10.6 Å². The van der Waals surface area contributed by atoms with E-state index in [-0.39, 0.29) is 17.4 Å². The van der Waals surface area contributed by atoms with Crippen molar-refractivity contribution in [2.24, 2.45) is 5.41 Å². The predicted octanol–water partition coefficient (Wildman–Crippen LogP) is 3.26. The van der Waals surface area contributed by atoms with Gasteiger partial charge in [-0.15, -0.1) is 0 Å². The summed E-state index contributed by atoms with van der Waals surface area (Å²) in [6, 6.07) is 7.93. The summed E-state index contributed by atoms with van der Waals surface area (Å²) in [6.45, 7) is 10.2. The van der Waals surface area contributed by atoms with Gasteiger partial charge in [0.05, 0.1) is 12.7 Å². The molecule has 138 valence electrons. The van der Waals surface area contributed by atoms with Crippen LogP contribution in [0.5, 0.6) is 0 Å². The van der Waals surface area contributed by atoms with Crippen molar-refractivity contribution in [3.05, 3.63) is 35.4 Å². The Morgan fingerprint density at radius 1 is 1.20 bits per heavy atom. The molecule has 0 aliphatic carbocycles. The maximum atomic E-state index is 12.4. The van der Waals surface area contributed by atoms with Gasteiger partial charge in [-0.25, -0.2) is 0 Å². The van der Waals surface area contributed by atoms with Gasteiger partial charge in [0.25, 0.3) is 5.91 Å². The number of ether oxygens (including phenoxy) is 1. The number of rotatable bonds is 3. The van der Waals surface area contributed by atoms with Crippen LogP contribution in [0.1, 0.15) is 62.4 Å². The van der Waals surface area contributed by atoms with Gasteiger partial charge in [-0.2, -0.15) is 0 Å². The van der Waals surface area contributed by atoms with E-state index < -0.39 is 0 Å². The zero-order chi connectivity index (χ0) is 17.9. The minimum atomic E-state index is -0.00814. The maximum Gasteiger partial charge on any atom is 0.251 e. The van der Waals surface area contributed by atoms with E-state index in [0.29, 0.717) is 12.0 Å². The normalized spacial score (nSPS) is 23.4. The Labute approximate surface area is 151 Å². The van der Waals surface area contributed by atoms with E-state index in [4.69, 9.17) is 4.74 Å². The number of carbonyl (C=O) groups excluding carboxylic acids is 1. The van der Waals surface area contributed by atoms with Crippen LogP contribution in [-0.2, 0) is 10.2 Å². The Morgan fingerprint density at radius 3 is 2.44 bits per heavy atom. The summed E-state index contributed by atoms with van der Waals surface area (Å²) in [6.07, 6.45) is 4.84. The summed E-state index contributed by atoms with van der Waals surface area (Å²) in [5.74, 6) is -0.00814. The summed E-state index contributed by atoms with van der Waals surface area (Å²) in [4.78, 5) is 12.4. The third-order valence-corrected chi connectivity index (χ3v) is 5.79. The second kappa shape index (κ2) is 7.46. The average molecular weight is 344 g/mol. The summed E-state index contributed by atoms with van der Waals surface area (Å²) < 4.78 is 6.08. The van der Waals surface area contributed by atoms with Crippen molar-refractivity contribution >= 4 is 5.91 Å². The van der Waals surface area contributed by atoms with Crippen LogP contribution in [0.15, 0.2) is 24.3 Å². The van der Waals surface area contributed by atoms with Gasteiger partial charge in [-0.1, -0.05) is 32.9 Å². The predicted molar refractivity (Wildman–Crippen MR) is 101 cm³/mol. The van der Waals surface area contributed by atoms with Gasteiger partial charge < -0.3 is 15.4 Å². The number of carbonyl (C=O) groups is 1. The van der Waals surface area contributed by atoms with Gasteiger partial charge in [0, 0.05) is 12.1 Å². The average Bonchev–Trinajstić information content (AvgIpc) is 2.61. The maximum absolute atomic E-state index is 12.4. The molecule has 0 radical (unpaired) electrons. The number of amides is 1. The molecule has 1 amide bonds. The Balaban J connectivity index is 1.46. The van der Waals surface area contributed by atoms with Crippen LogP contribution in [0.3, 0.4) is 0 Å². The molecule has 2 heterocycles. The zero-order valence-corrected chi connectivity index (χ0v) is 15.9. The van der Waals surface area contributed by atoms with Crippen LogP contribution in [0, 0.1) is 5.41 Å². The molecule has 2 aliphatic heterocycles. The zero-order valence-electron chi connectivity index (χ0n) is 15.9. The van der Waals surface area contributed by atoms with Gasteiger partial charge in [-0.3, -0.25) is 4.79 Å². The standard InChI is InChI=1S/C21H32N2O2/c1-20(2,3)17-6-4-16(5-7-17)19(24)23-14-18-8-9-21(15-25-18)10-12-22-13-11-21/h4-7,18,22H,8-15H2,1-3H3,(H,23,24). The Bertz CT molecular complexity index is 573. The van der Waals surface area contributed by atoms with Crippen molar-refractivity contribution < 1.29 is 9.53 Å². The Kier molecular flexibility index (Phi) is 5.49. The molecule has 0 bridgehead atoms. The molecule has 2 N–H and O–H groups in total. The fourth-order valence-corrected chi connectivity index (χ4v) is 3.86. The lowest BCUT2D eigenvalue weighted by molar-refractivity contribution is -0.0721. The lowest BCUT2D eigenvalue weighted by atomic mass is 9.74. The van der Waals surface area contributed by atoms with E-state index in [1.807, 2.05) is 24.3 Å². The fourth-order valence-electron chi connectivity index (χ4n) is 3.86. The highest BCUT2D eigenvalue weighted by Crippen LogP contribution is 2.38. The molecule has 4 nitrogen and oxygen atoms in total. The van der Waals surface area contributed by atoms with Crippen molar-refractivity contribution in [1.29, 1.82) is 0 Å². The highest BCUT2D eigenvalue weighted by atomic mass is 16.5. The van der Waals surface area contributed by atoms with Crippen molar-refractivity contribution in [3.63, 3.8) is 0 Å². The SMILES string of the molecule is CC(C)(C)c1ccc(C(=O)NCC2CCC3(CCNCC3)CO2)cc1. The third kappa shape index (κ3) is 4.62. The lowest BCUT2D eigenvalue weighted by Crippen LogP contribution is -2.46. The molecule has 1 aromatic rings. The van der Waals surface area contributed by atoms with E-state index in [1.54, 1.807) is 0 Å². The monoisotopic (exact) mass is 344 g/mol. The summed E-state index contributed by atoms with van der Waals surface area (Å²) in [5, 5.41) is 6.47. The molecule has 2 fully saturated rings. The molecule has 2 saturated heterocycles. The molecule has 3 rings (SSSR count). The van der Waals surface area contributed by atoms with Crippen LogP contribution in [-0.4, -0.2) is 38.3 Å².